The molecule has 1 aliphatic rings. The molecule has 0 amide bonds. The van der Waals surface area contributed by atoms with Crippen molar-refractivity contribution in [3.8, 4) is 0 Å². The zero-order valence-corrected chi connectivity index (χ0v) is 17.5. The van der Waals surface area contributed by atoms with E-state index >= 15 is 0 Å². The van der Waals surface area contributed by atoms with Crippen LogP contribution in [0.1, 0.15) is 23.7 Å². The average molecular weight is 411 g/mol. The quantitative estimate of drug-likeness (QED) is 0.395. The number of carboxylic acids is 1. The molecule has 3 rings (SSSR count). The third kappa shape index (κ3) is 6.22. The molecule has 0 bridgehead atoms. The molecule has 0 unspecified atom stereocenters. The predicted molar refractivity (Wildman–Crippen MR) is 121 cm³/mol. The SMILES string of the molecule is CCOCCCN=C(Nc1ccc(C(=O)O)cc1)N1CCN(c2ccccc2)CC1. The molecule has 1 heterocycles. The Morgan fingerprint density at radius 2 is 1.77 bits per heavy atom. The van der Waals surface area contributed by atoms with Crippen LogP contribution in [0.4, 0.5) is 11.4 Å². The summed E-state index contributed by atoms with van der Waals surface area (Å²) in [7, 11) is 0. The zero-order valence-electron chi connectivity index (χ0n) is 17.5. The summed E-state index contributed by atoms with van der Waals surface area (Å²) in [5, 5.41) is 12.5. The summed E-state index contributed by atoms with van der Waals surface area (Å²) in [6.07, 6.45) is 0.862. The maximum atomic E-state index is 11.1. The van der Waals surface area contributed by atoms with Crippen LogP contribution in [-0.4, -0.2) is 67.9 Å². The molecule has 1 fully saturated rings. The van der Waals surface area contributed by atoms with E-state index in [9.17, 15) is 4.79 Å². The molecule has 0 aliphatic carbocycles. The lowest BCUT2D eigenvalue weighted by atomic mass is 10.2. The van der Waals surface area contributed by atoms with Gasteiger partial charge in [0.25, 0.3) is 0 Å². The number of anilines is 2. The van der Waals surface area contributed by atoms with E-state index in [0.29, 0.717) is 19.8 Å². The Bertz CT molecular complexity index is 816. The highest BCUT2D eigenvalue weighted by atomic mass is 16.5. The number of aliphatic imine (C=N–C) groups is 1. The first-order valence-corrected chi connectivity index (χ1v) is 10.4. The lowest BCUT2D eigenvalue weighted by Crippen LogP contribution is -2.50. The van der Waals surface area contributed by atoms with Crippen molar-refractivity contribution in [3.05, 3.63) is 60.2 Å². The van der Waals surface area contributed by atoms with Crippen molar-refractivity contribution in [3.63, 3.8) is 0 Å². The van der Waals surface area contributed by atoms with E-state index in [1.54, 1.807) is 24.3 Å². The second-order valence-corrected chi connectivity index (χ2v) is 7.07. The summed E-state index contributed by atoms with van der Waals surface area (Å²) in [5.41, 5.74) is 2.34. The van der Waals surface area contributed by atoms with Crippen molar-refractivity contribution in [2.45, 2.75) is 13.3 Å². The maximum absolute atomic E-state index is 11.1. The predicted octanol–water partition coefficient (Wildman–Crippen LogP) is 3.40. The van der Waals surface area contributed by atoms with Gasteiger partial charge < -0.3 is 25.0 Å². The number of nitrogens with one attached hydrogen (secondary N) is 1. The van der Waals surface area contributed by atoms with Crippen LogP contribution in [0, 0.1) is 0 Å². The largest absolute Gasteiger partial charge is 0.478 e. The van der Waals surface area contributed by atoms with Crippen LogP contribution < -0.4 is 10.2 Å². The Balaban J connectivity index is 1.65. The summed E-state index contributed by atoms with van der Waals surface area (Å²) in [5.74, 6) is -0.106. The summed E-state index contributed by atoms with van der Waals surface area (Å²) in [4.78, 5) is 20.5. The average Bonchev–Trinajstić information content (AvgIpc) is 2.79. The van der Waals surface area contributed by atoms with E-state index in [1.807, 2.05) is 13.0 Å². The molecule has 1 saturated heterocycles. The van der Waals surface area contributed by atoms with Gasteiger partial charge >= 0.3 is 5.97 Å². The lowest BCUT2D eigenvalue weighted by molar-refractivity contribution is 0.0697. The van der Waals surface area contributed by atoms with Gasteiger partial charge in [-0.05, 0) is 49.7 Å². The van der Waals surface area contributed by atoms with Gasteiger partial charge in [-0.25, -0.2) is 4.79 Å². The number of hydrogen-bond donors (Lipinski definition) is 2. The van der Waals surface area contributed by atoms with Gasteiger partial charge in [-0.3, -0.25) is 4.99 Å². The van der Waals surface area contributed by atoms with Crippen molar-refractivity contribution in [1.29, 1.82) is 0 Å². The van der Waals surface area contributed by atoms with Gasteiger partial charge in [0.2, 0.25) is 0 Å². The highest BCUT2D eigenvalue weighted by Crippen LogP contribution is 2.17. The third-order valence-corrected chi connectivity index (χ3v) is 5.00. The first-order chi connectivity index (χ1) is 14.7. The fraction of sp³-hybridized carbons (Fsp3) is 0.391. The Kier molecular flexibility index (Phi) is 8.09. The minimum Gasteiger partial charge on any atom is -0.478 e. The molecule has 2 aromatic carbocycles. The number of aromatic carboxylic acids is 1. The Morgan fingerprint density at radius 1 is 1.07 bits per heavy atom. The number of guanidine groups is 1. The highest BCUT2D eigenvalue weighted by molar-refractivity contribution is 5.94. The summed E-state index contributed by atoms with van der Waals surface area (Å²) < 4.78 is 5.41. The Hall–Kier alpha value is -3.06. The molecule has 0 atom stereocenters. The van der Waals surface area contributed by atoms with Crippen molar-refractivity contribution in [2.24, 2.45) is 4.99 Å². The number of carboxylic acid groups (broad SMARTS) is 1. The molecule has 0 radical (unpaired) electrons. The number of benzene rings is 2. The highest BCUT2D eigenvalue weighted by Gasteiger charge is 2.20. The van der Waals surface area contributed by atoms with Gasteiger partial charge in [0, 0.05) is 57.3 Å². The van der Waals surface area contributed by atoms with Gasteiger partial charge in [0.05, 0.1) is 5.56 Å². The number of nitrogens with zero attached hydrogens (tertiary/aromatic N) is 3. The maximum Gasteiger partial charge on any atom is 0.335 e. The van der Waals surface area contributed by atoms with Crippen molar-refractivity contribution in [1.82, 2.24) is 4.90 Å². The number of rotatable bonds is 8. The summed E-state index contributed by atoms with van der Waals surface area (Å²) >= 11 is 0. The van der Waals surface area contributed by atoms with Crippen molar-refractivity contribution >= 4 is 23.3 Å². The molecule has 160 valence electrons. The molecule has 1 aliphatic heterocycles. The monoisotopic (exact) mass is 410 g/mol. The van der Waals surface area contributed by atoms with Gasteiger partial charge in [0.15, 0.2) is 5.96 Å². The molecule has 2 aromatic rings. The number of ether oxygens (including phenoxy) is 1. The smallest absolute Gasteiger partial charge is 0.335 e. The molecule has 0 aromatic heterocycles. The first kappa shape index (κ1) is 21.6. The first-order valence-electron chi connectivity index (χ1n) is 10.4. The molecular weight excluding hydrogens is 380 g/mol. The van der Waals surface area contributed by atoms with Gasteiger partial charge in [-0.1, -0.05) is 18.2 Å². The summed E-state index contributed by atoms with van der Waals surface area (Å²) in [6, 6.07) is 17.2. The molecule has 7 heteroatoms. The van der Waals surface area contributed by atoms with Crippen LogP contribution in [0.15, 0.2) is 59.6 Å². The number of piperazine rings is 1. The molecule has 7 nitrogen and oxygen atoms in total. The molecule has 30 heavy (non-hydrogen) atoms. The lowest BCUT2D eigenvalue weighted by Gasteiger charge is -2.37. The second kappa shape index (κ2) is 11.2. The van der Waals surface area contributed by atoms with E-state index in [2.05, 4.69) is 39.4 Å². The van der Waals surface area contributed by atoms with E-state index in [4.69, 9.17) is 14.8 Å². The van der Waals surface area contributed by atoms with E-state index in [-0.39, 0.29) is 5.56 Å². The standard InChI is InChI=1S/C23H30N4O3/c1-2-30-18-6-13-24-23(25-20-11-9-19(10-12-20)22(28)29)27-16-14-26(15-17-27)21-7-4-3-5-8-21/h3-5,7-12H,2,6,13-18H2,1H3,(H,24,25)(H,28,29). The van der Waals surface area contributed by atoms with Crippen LogP contribution in [-0.2, 0) is 4.74 Å². The van der Waals surface area contributed by atoms with Crippen LogP contribution in [0.3, 0.4) is 0 Å². The van der Waals surface area contributed by atoms with Crippen LogP contribution in [0.2, 0.25) is 0 Å². The van der Waals surface area contributed by atoms with Crippen LogP contribution >= 0.6 is 0 Å². The fourth-order valence-electron chi connectivity index (χ4n) is 3.35. The third-order valence-electron chi connectivity index (χ3n) is 5.00. The van der Waals surface area contributed by atoms with Crippen LogP contribution in [0.25, 0.3) is 0 Å². The fourth-order valence-corrected chi connectivity index (χ4v) is 3.35. The van der Waals surface area contributed by atoms with Crippen molar-refractivity contribution in [2.75, 3.05) is 56.2 Å². The van der Waals surface area contributed by atoms with Crippen LogP contribution in [0.5, 0.6) is 0 Å². The number of hydrogen-bond acceptors (Lipinski definition) is 4. The summed E-state index contributed by atoms with van der Waals surface area (Å²) in [6.45, 7) is 7.63. The van der Waals surface area contributed by atoms with E-state index < -0.39 is 5.97 Å². The molecule has 2 N–H and O–H groups in total. The van der Waals surface area contributed by atoms with E-state index in [0.717, 1.165) is 44.2 Å². The topological polar surface area (TPSA) is 77.4 Å². The minimum atomic E-state index is -0.927. The van der Waals surface area contributed by atoms with Gasteiger partial charge in [-0.2, -0.15) is 0 Å². The Labute approximate surface area is 178 Å². The van der Waals surface area contributed by atoms with Crippen molar-refractivity contribution < 1.29 is 14.6 Å². The van der Waals surface area contributed by atoms with Gasteiger partial charge in [-0.15, -0.1) is 0 Å². The zero-order chi connectivity index (χ0) is 21.2. The minimum absolute atomic E-state index is 0.271. The van der Waals surface area contributed by atoms with Gasteiger partial charge in [0.1, 0.15) is 0 Å². The number of carbonyl (C=O) groups is 1. The normalized spacial score (nSPS) is 14.6. The molecule has 0 saturated carbocycles. The molecule has 0 spiro atoms. The second-order valence-electron chi connectivity index (χ2n) is 7.07. The molecular formula is C23H30N4O3. The van der Waals surface area contributed by atoms with E-state index in [1.165, 1.54) is 5.69 Å². The Morgan fingerprint density at radius 3 is 2.40 bits per heavy atom. The number of para-hydroxylation sites is 1.